The van der Waals surface area contributed by atoms with Crippen molar-refractivity contribution in [3.63, 3.8) is 0 Å². The Balaban J connectivity index is 3.91. The SMILES string of the molecule is CC/C=C\C/C=C\C/C=C\C/C=C\CCCCCCCCCCCCCCCCCCCCCCCCC(=O)OC(COC(=O)CCCCCCCCCCCCCCCCCCCCCCCCCCCCCCCCCCCCCCCC)COC(OCC[N+](C)(C)C)C(=O)[O-]. The number of carboxylic acid groups (broad SMARTS) is 1. The number of ether oxygens (including phenoxy) is 4. The van der Waals surface area contributed by atoms with E-state index in [0.29, 0.717) is 17.4 Å². The van der Waals surface area contributed by atoms with Crippen LogP contribution >= 0.6 is 0 Å². The van der Waals surface area contributed by atoms with E-state index < -0.39 is 24.3 Å². The number of quaternary nitrogens is 1. The molecule has 9 heteroatoms. The Morgan fingerprint density at radius 3 is 0.867 bits per heavy atom. The number of hydrogen-bond acceptors (Lipinski definition) is 8. The highest BCUT2D eigenvalue weighted by Crippen LogP contribution is 2.21. The lowest BCUT2D eigenvalue weighted by Crippen LogP contribution is -2.44. The fraction of sp³-hybridized carbons (Fsp3) is 0.876. The molecular weight excluding hydrogens is 1210 g/mol. The minimum Gasteiger partial charge on any atom is -0.545 e. The van der Waals surface area contributed by atoms with Crippen LogP contribution in [-0.4, -0.2) is 82.3 Å². The van der Waals surface area contributed by atoms with Gasteiger partial charge in [-0.25, -0.2) is 0 Å². The first-order chi connectivity index (χ1) is 48.1. The van der Waals surface area contributed by atoms with Crippen molar-refractivity contribution in [3.05, 3.63) is 48.6 Å². The predicted molar refractivity (Wildman–Crippen MR) is 422 cm³/mol. The van der Waals surface area contributed by atoms with Gasteiger partial charge in [0.25, 0.3) is 0 Å². The number of rotatable bonds is 82. The highest BCUT2D eigenvalue weighted by Gasteiger charge is 2.22. The summed E-state index contributed by atoms with van der Waals surface area (Å²) in [6, 6.07) is 0. The molecule has 98 heavy (non-hydrogen) atoms. The molecule has 0 radical (unpaired) electrons. The van der Waals surface area contributed by atoms with Crippen molar-refractivity contribution < 1.29 is 42.9 Å². The first-order valence-corrected chi connectivity index (χ1v) is 43.3. The van der Waals surface area contributed by atoms with Crippen molar-refractivity contribution in [1.82, 2.24) is 0 Å². The van der Waals surface area contributed by atoms with Crippen molar-refractivity contribution in [2.45, 2.75) is 456 Å². The van der Waals surface area contributed by atoms with Crippen LogP contribution in [0.2, 0.25) is 0 Å². The summed E-state index contributed by atoms with van der Waals surface area (Å²) in [6.45, 7) is 4.72. The number of hydrogen-bond donors (Lipinski definition) is 0. The Bertz CT molecular complexity index is 1750. The van der Waals surface area contributed by atoms with E-state index in [1.807, 2.05) is 21.1 Å². The van der Waals surface area contributed by atoms with Crippen molar-refractivity contribution in [2.75, 3.05) is 47.5 Å². The van der Waals surface area contributed by atoms with Crippen LogP contribution in [0.3, 0.4) is 0 Å². The second kappa shape index (κ2) is 79.9. The summed E-state index contributed by atoms with van der Waals surface area (Å²) in [5.74, 6) is -2.25. The molecule has 0 bridgehead atoms. The van der Waals surface area contributed by atoms with Crippen LogP contribution in [0.15, 0.2) is 48.6 Å². The Labute approximate surface area is 610 Å². The van der Waals surface area contributed by atoms with Gasteiger partial charge in [-0.05, 0) is 51.4 Å². The number of carboxylic acids is 1. The largest absolute Gasteiger partial charge is 0.545 e. The lowest BCUT2D eigenvalue weighted by molar-refractivity contribution is -0.870. The highest BCUT2D eigenvalue weighted by molar-refractivity contribution is 5.70. The van der Waals surface area contributed by atoms with Gasteiger partial charge in [0.15, 0.2) is 12.4 Å². The molecule has 0 amide bonds. The maximum atomic E-state index is 13.0. The third-order valence-corrected chi connectivity index (χ3v) is 19.8. The molecule has 576 valence electrons. The number of carbonyl (C=O) groups is 3. The summed E-state index contributed by atoms with van der Waals surface area (Å²) in [5.41, 5.74) is 0. The van der Waals surface area contributed by atoms with E-state index in [-0.39, 0.29) is 32.2 Å². The van der Waals surface area contributed by atoms with Crippen molar-refractivity contribution in [1.29, 1.82) is 0 Å². The molecule has 0 spiro atoms. The zero-order chi connectivity index (χ0) is 71.1. The van der Waals surface area contributed by atoms with Gasteiger partial charge in [0.05, 0.1) is 40.3 Å². The highest BCUT2D eigenvalue weighted by atomic mass is 16.7. The standard InChI is InChI=1S/C89H167NO8/c1-6-8-10-12-14-16-18-20-22-24-26-28-30-32-34-36-38-40-42-43-44-46-47-49-51-53-55-57-59-61-63-65-67-69-71-73-75-77-79-86(91)96-83-85(84-97-89(88(93)94)95-82-81-90(3,4)5)98-87(92)80-78-76-74-72-70-68-66-64-62-60-58-56-54-52-50-48-45-41-39-37-35-33-31-29-27-25-23-21-19-17-15-13-11-9-7-2/h9,11,15,17,21,23,27,29,85,89H,6-8,10,12-14,16,18-20,22,24-26,28,30-84H2,1-5H3/b11-9-,17-15-,23-21-,29-27-. The molecule has 0 rings (SSSR count). The van der Waals surface area contributed by atoms with Crippen LogP contribution in [0.5, 0.6) is 0 Å². The maximum absolute atomic E-state index is 13.0. The van der Waals surface area contributed by atoms with Crippen LogP contribution in [0.4, 0.5) is 0 Å². The van der Waals surface area contributed by atoms with Crippen molar-refractivity contribution in [3.8, 4) is 0 Å². The number of esters is 2. The van der Waals surface area contributed by atoms with Gasteiger partial charge in [-0.3, -0.25) is 9.59 Å². The molecule has 0 saturated heterocycles. The second-order valence-electron chi connectivity index (χ2n) is 30.8. The fourth-order valence-corrected chi connectivity index (χ4v) is 13.3. The topological polar surface area (TPSA) is 111 Å². The first-order valence-electron chi connectivity index (χ1n) is 43.3. The summed E-state index contributed by atoms with van der Waals surface area (Å²) in [5, 5.41) is 11.9. The van der Waals surface area contributed by atoms with E-state index in [1.165, 1.54) is 353 Å². The van der Waals surface area contributed by atoms with Crippen LogP contribution < -0.4 is 5.11 Å². The molecule has 0 fully saturated rings. The predicted octanol–water partition coefficient (Wildman–Crippen LogP) is 26.7. The lowest BCUT2D eigenvalue weighted by atomic mass is 10.0. The molecule has 0 N–H and O–H groups in total. The molecule has 0 aromatic rings. The number of unbranched alkanes of at least 4 members (excludes halogenated alkanes) is 59. The molecule has 0 aliphatic rings. The van der Waals surface area contributed by atoms with Crippen molar-refractivity contribution >= 4 is 17.9 Å². The van der Waals surface area contributed by atoms with Crippen LogP contribution in [0.25, 0.3) is 0 Å². The molecule has 0 aliphatic heterocycles. The minimum atomic E-state index is -1.62. The van der Waals surface area contributed by atoms with Gasteiger partial charge in [0.1, 0.15) is 13.2 Å². The molecule has 0 aliphatic carbocycles. The smallest absolute Gasteiger partial charge is 0.306 e. The van der Waals surface area contributed by atoms with Crippen LogP contribution in [0, 0.1) is 0 Å². The van der Waals surface area contributed by atoms with Gasteiger partial charge in [-0.2, -0.15) is 0 Å². The second-order valence-corrected chi connectivity index (χ2v) is 30.8. The minimum absolute atomic E-state index is 0.151. The van der Waals surface area contributed by atoms with E-state index in [9.17, 15) is 19.5 Å². The summed E-state index contributed by atoms with van der Waals surface area (Å²) in [6.07, 6.45) is 103. The third kappa shape index (κ3) is 80.6. The van der Waals surface area contributed by atoms with Crippen molar-refractivity contribution in [2.24, 2.45) is 0 Å². The summed E-state index contributed by atoms with van der Waals surface area (Å²) in [4.78, 5) is 37.7. The molecule has 0 heterocycles. The van der Waals surface area contributed by atoms with E-state index in [2.05, 4.69) is 62.5 Å². The lowest BCUT2D eigenvalue weighted by Gasteiger charge is -2.26. The van der Waals surface area contributed by atoms with Gasteiger partial charge in [-0.15, -0.1) is 0 Å². The third-order valence-electron chi connectivity index (χ3n) is 19.8. The first kappa shape index (κ1) is 95.2. The average molecular weight is 1380 g/mol. The summed E-state index contributed by atoms with van der Waals surface area (Å²) < 4.78 is 22.9. The van der Waals surface area contributed by atoms with Gasteiger partial charge < -0.3 is 33.3 Å². The molecule has 2 atom stereocenters. The molecular formula is C89H167NO8. The van der Waals surface area contributed by atoms with E-state index in [4.69, 9.17) is 18.9 Å². The molecule has 0 aromatic heterocycles. The summed E-state index contributed by atoms with van der Waals surface area (Å²) in [7, 11) is 5.96. The normalized spacial score (nSPS) is 12.8. The van der Waals surface area contributed by atoms with Crippen LogP contribution in [-0.2, 0) is 33.3 Å². The molecule has 9 nitrogen and oxygen atoms in total. The molecule has 0 aromatic carbocycles. The van der Waals surface area contributed by atoms with E-state index >= 15 is 0 Å². The maximum Gasteiger partial charge on any atom is 0.306 e. The number of carbonyl (C=O) groups excluding carboxylic acids is 3. The zero-order valence-corrected chi connectivity index (χ0v) is 66.2. The Morgan fingerprint density at radius 1 is 0.316 bits per heavy atom. The molecule has 0 saturated carbocycles. The Kier molecular flexibility index (Phi) is 77.7. The van der Waals surface area contributed by atoms with Gasteiger partial charge in [-0.1, -0.05) is 428 Å². The summed E-state index contributed by atoms with van der Waals surface area (Å²) >= 11 is 0. The van der Waals surface area contributed by atoms with Gasteiger partial charge >= 0.3 is 11.9 Å². The van der Waals surface area contributed by atoms with E-state index in [0.717, 1.165) is 64.2 Å². The molecule has 2 unspecified atom stereocenters. The number of nitrogens with zero attached hydrogens (tertiary/aromatic N) is 1. The fourth-order valence-electron chi connectivity index (χ4n) is 13.3. The number of likely N-dealkylation sites (N-methyl/N-ethyl adjacent to an activating group) is 1. The number of aliphatic carboxylic acids is 1. The number of allylic oxidation sites excluding steroid dienone is 8. The van der Waals surface area contributed by atoms with Gasteiger partial charge in [0.2, 0.25) is 0 Å². The zero-order valence-electron chi connectivity index (χ0n) is 66.2. The quantitative estimate of drug-likeness (QED) is 0.0195. The van der Waals surface area contributed by atoms with Gasteiger partial charge in [0, 0.05) is 12.8 Å². The average Bonchev–Trinajstić information content (AvgIpc) is 1.34. The van der Waals surface area contributed by atoms with Crippen LogP contribution in [0.1, 0.15) is 444 Å². The van der Waals surface area contributed by atoms with E-state index in [1.54, 1.807) is 0 Å². The monoisotopic (exact) mass is 1380 g/mol. The Morgan fingerprint density at radius 2 is 0.582 bits per heavy atom. The Hall–Kier alpha value is -2.75.